The van der Waals surface area contributed by atoms with Gasteiger partial charge in [0.1, 0.15) is 15.3 Å². The number of amides is 1. The standard InChI is InChI=1S/C15H11N3O4S/c1-22-12(19)7-11-14(21)18(9-5-3-2-4-6-9)15(23-11)10(8-16)13(17)20/h2-7H,1H3,(H2,17,20)/b11-7-,15-10-. The Morgan fingerprint density at radius 2 is 2.00 bits per heavy atom. The molecule has 0 saturated heterocycles. The molecule has 1 amide bonds. The van der Waals surface area contributed by atoms with Gasteiger partial charge in [-0.2, -0.15) is 5.26 Å². The number of nitriles is 1. The third kappa shape index (κ3) is 3.20. The molecule has 1 aromatic heterocycles. The predicted molar refractivity (Wildman–Crippen MR) is 83.9 cm³/mol. The third-order valence-corrected chi connectivity index (χ3v) is 3.95. The second-order valence-electron chi connectivity index (χ2n) is 4.27. The van der Waals surface area contributed by atoms with E-state index in [4.69, 9.17) is 11.0 Å². The van der Waals surface area contributed by atoms with Crippen LogP contribution in [0.2, 0.25) is 0 Å². The summed E-state index contributed by atoms with van der Waals surface area (Å²) in [6.07, 6.45) is 1.01. The number of thiazole rings is 1. The molecule has 2 N–H and O–H groups in total. The molecule has 7 nitrogen and oxygen atoms in total. The number of carbonyl (C=O) groups is 2. The van der Waals surface area contributed by atoms with Crippen molar-refractivity contribution < 1.29 is 14.3 Å². The number of primary amides is 1. The summed E-state index contributed by atoms with van der Waals surface area (Å²) in [6, 6.07) is 10.1. The number of hydrogen-bond donors (Lipinski definition) is 1. The summed E-state index contributed by atoms with van der Waals surface area (Å²) < 4.78 is 5.76. The number of esters is 1. The van der Waals surface area contributed by atoms with Crippen LogP contribution in [-0.4, -0.2) is 23.6 Å². The molecule has 0 spiro atoms. The minimum atomic E-state index is -0.956. The van der Waals surface area contributed by atoms with Crippen LogP contribution in [0.4, 0.5) is 0 Å². The molecule has 8 heteroatoms. The Balaban J connectivity index is 2.99. The maximum atomic E-state index is 12.5. The molecule has 1 heterocycles. The Bertz CT molecular complexity index is 980. The van der Waals surface area contributed by atoms with Gasteiger partial charge in [-0.25, -0.2) is 4.79 Å². The molecule has 23 heavy (non-hydrogen) atoms. The van der Waals surface area contributed by atoms with Crippen molar-refractivity contribution in [2.24, 2.45) is 5.73 Å². The van der Waals surface area contributed by atoms with Gasteiger partial charge in [0, 0.05) is 6.08 Å². The van der Waals surface area contributed by atoms with E-state index < -0.39 is 17.4 Å². The van der Waals surface area contributed by atoms with E-state index >= 15 is 0 Å². The van der Waals surface area contributed by atoms with E-state index in [1.807, 2.05) is 0 Å². The Kier molecular flexibility index (Phi) is 4.73. The molecule has 0 atom stereocenters. The van der Waals surface area contributed by atoms with Crippen LogP contribution in [-0.2, 0) is 14.3 Å². The zero-order chi connectivity index (χ0) is 17.0. The Labute approximate surface area is 134 Å². The van der Waals surface area contributed by atoms with Gasteiger partial charge in [-0.15, -0.1) is 11.3 Å². The molecular weight excluding hydrogens is 318 g/mol. The van der Waals surface area contributed by atoms with Crippen LogP contribution < -0.4 is 20.5 Å². The van der Waals surface area contributed by atoms with E-state index in [0.29, 0.717) is 5.69 Å². The second kappa shape index (κ2) is 6.72. The zero-order valence-corrected chi connectivity index (χ0v) is 12.8. The lowest BCUT2D eigenvalue weighted by Crippen LogP contribution is -2.32. The van der Waals surface area contributed by atoms with Crippen molar-refractivity contribution in [1.82, 2.24) is 4.57 Å². The summed E-state index contributed by atoms with van der Waals surface area (Å²) in [7, 11) is 1.18. The fourth-order valence-corrected chi connectivity index (χ4v) is 2.91. The van der Waals surface area contributed by atoms with Gasteiger partial charge in [-0.05, 0) is 12.1 Å². The van der Waals surface area contributed by atoms with Crippen LogP contribution in [0.5, 0.6) is 0 Å². The molecule has 0 aliphatic heterocycles. The van der Waals surface area contributed by atoms with Crippen molar-refractivity contribution >= 4 is 34.9 Å². The number of hydrogen-bond acceptors (Lipinski definition) is 6. The predicted octanol–water partition coefficient (Wildman–Crippen LogP) is -0.988. The number of carbonyl (C=O) groups excluding carboxylic acids is 2. The van der Waals surface area contributed by atoms with Gasteiger partial charge in [0.05, 0.1) is 12.8 Å². The highest BCUT2D eigenvalue weighted by Gasteiger charge is 2.15. The quantitative estimate of drug-likeness (QED) is 0.726. The number of nitrogens with zero attached hydrogens (tertiary/aromatic N) is 2. The van der Waals surface area contributed by atoms with Gasteiger partial charge in [-0.3, -0.25) is 14.2 Å². The summed E-state index contributed by atoms with van der Waals surface area (Å²) in [4.78, 5) is 35.4. The van der Waals surface area contributed by atoms with Crippen LogP contribution in [0.15, 0.2) is 35.1 Å². The Hall–Kier alpha value is -3.18. The van der Waals surface area contributed by atoms with Gasteiger partial charge in [0.15, 0.2) is 5.57 Å². The third-order valence-electron chi connectivity index (χ3n) is 2.86. The van der Waals surface area contributed by atoms with E-state index in [-0.39, 0.29) is 14.8 Å². The smallest absolute Gasteiger partial charge is 0.332 e. The van der Waals surface area contributed by atoms with Crippen molar-refractivity contribution in [1.29, 1.82) is 5.26 Å². The molecular formula is C15H11N3O4S. The molecule has 2 rings (SSSR count). The molecule has 1 aromatic carbocycles. The number of methoxy groups -OCH3 is 1. The highest BCUT2D eigenvalue weighted by Crippen LogP contribution is 2.02. The highest BCUT2D eigenvalue weighted by atomic mass is 32.1. The summed E-state index contributed by atoms with van der Waals surface area (Å²) in [6.45, 7) is 0. The first-order valence-electron chi connectivity index (χ1n) is 6.30. The molecule has 0 aliphatic rings. The lowest BCUT2D eigenvalue weighted by atomic mass is 10.3. The molecule has 2 aromatic rings. The van der Waals surface area contributed by atoms with Gasteiger partial charge < -0.3 is 10.5 Å². The van der Waals surface area contributed by atoms with E-state index in [0.717, 1.165) is 17.4 Å². The van der Waals surface area contributed by atoms with Crippen LogP contribution in [0.25, 0.3) is 17.3 Å². The SMILES string of the molecule is COC(=O)/C=c1\s/c(=C(/C#N)C(N)=O)n(-c2ccccc2)c1=O. The van der Waals surface area contributed by atoms with Gasteiger partial charge in [0.25, 0.3) is 11.5 Å². The van der Waals surface area contributed by atoms with Crippen molar-refractivity contribution in [3.63, 3.8) is 0 Å². The topological polar surface area (TPSA) is 115 Å². The summed E-state index contributed by atoms with van der Waals surface area (Å²) >= 11 is 0.819. The maximum Gasteiger partial charge on any atom is 0.332 e. The molecule has 116 valence electrons. The maximum absolute atomic E-state index is 12.5. The van der Waals surface area contributed by atoms with Crippen LogP contribution in [0.3, 0.4) is 0 Å². The molecule has 0 unspecified atom stereocenters. The van der Waals surface area contributed by atoms with Gasteiger partial charge >= 0.3 is 5.97 Å². The molecule has 0 bridgehead atoms. The van der Waals surface area contributed by atoms with Crippen molar-refractivity contribution in [3.05, 3.63) is 49.9 Å². The molecule has 0 saturated carbocycles. The largest absolute Gasteiger partial charge is 0.466 e. The number of benzene rings is 1. The first-order valence-corrected chi connectivity index (χ1v) is 7.12. The van der Waals surface area contributed by atoms with E-state index in [2.05, 4.69) is 4.74 Å². The number of nitrogens with two attached hydrogens (primary N) is 1. The number of ether oxygens (including phenoxy) is 1. The Morgan fingerprint density at radius 3 is 2.52 bits per heavy atom. The monoisotopic (exact) mass is 329 g/mol. The van der Waals surface area contributed by atoms with Gasteiger partial charge in [0.2, 0.25) is 0 Å². The lowest BCUT2D eigenvalue weighted by molar-refractivity contribution is -0.133. The van der Waals surface area contributed by atoms with Crippen molar-refractivity contribution in [2.75, 3.05) is 7.11 Å². The second-order valence-corrected chi connectivity index (χ2v) is 5.30. The molecule has 0 aliphatic carbocycles. The minimum absolute atomic E-state index is 0.0321. The first-order chi connectivity index (χ1) is 11.0. The first kappa shape index (κ1) is 16.2. The fraction of sp³-hybridized carbons (Fsp3) is 0.0667. The molecule has 0 radical (unpaired) electrons. The normalized spacial score (nSPS) is 12.4. The number of rotatable bonds is 3. The van der Waals surface area contributed by atoms with E-state index in [1.54, 1.807) is 36.4 Å². The molecule has 0 fully saturated rings. The number of para-hydroxylation sites is 1. The highest BCUT2D eigenvalue weighted by molar-refractivity contribution is 7.07. The van der Waals surface area contributed by atoms with Crippen molar-refractivity contribution in [2.45, 2.75) is 0 Å². The lowest BCUT2D eigenvalue weighted by Gasteiger charge is -2.01. The van der Waals surface area contributed by atoms with Gasteiger partial charge in [-0.1, -0.05) is 18.2 Å². The fourth-order valence-electron chi connectivity index (χ4n) is 1.84. The zero-order valence-electron chi connectivity index (χ0n) is 12.0. The summed E-state index contributed by atoms with van der Waals surface area (Å²) in [5.41, 5.74) is 4.74. The average Bonchev–Trinajstić information content (AvgIpc) is 2.85. The summed E-state index contributed by atoms with van der Waals surface area (Å²) in [5, 5.41) is 9.15. The minimum Gasteiger partial charge on any atom is -0.466 e. The van der Waals surface area contributed by atoms with E-state index in [9.17, 15) is 14.4 Å². The number of aromatic nitrogens is 1. The van der Waals surface area contributed by atoms with Crippen LogP contribution >= 0.6 is 11.3 Å². The van der Waals surface area contributed by atoms with Crippen molar-refractivity contribution in [3.8, 4) is 11.8 Å². The van der Waals surface area contributed by atoms with E-state index in [1.165, 1.54) is 11.7 Å². The average molecular weight is 329 g/mol. The van der Waals surface area contributed by atoms with Crippen LogP contribution in [0.1, 0.15) is 0 Å². The summed E-state index contributed by atoms with van der Waals surface area (Å²) in [5.74, 6) is -1.67. The Morgan fingerprint density at radius 1 is 1.35 bits per heavy atom. The van der Waals surface area contributed by atoms with Crippen LogP contribution in [0, 0.1) is 11.3 Å².